The molecule has 0 unspecified atom stereocenters. The van der Waals surface area contributed by atoms with Gasteiger partial charge in [0.25, 0.3) is 5.56 Å². The number of hydrogen-bond donors (Lipinski definition) is 1. The van der Waals surface area contributed by atoms with Gasteiger partial charge >= 0.3 is 0 Å². The molecular weight excluding hydrogens is 175 g/mol. The second kappa shape index (κ2) is 2.85. The lowest BCUT2D eigenvalue weighted by Crippen LogP contribution is -2.12. The number of H-pyrrole nitrogens is 1. The van der Waals surface area contributed by atoms with Gasteiger partial charge in [0.15, 0.2) is 5.76 Å². The molecule has 0 aromatic carbocycles. The van der Waals surface area contributed by atoms with E-state index in [0.29, 0.717) is 0 Å². The van der Waals surface area contributed by atoms with E-state index in [1.54, 1.807) is 6.07 Å². The minimum atomic E-state index is -0.933. The van der Waals surface area contributed by atoms with Gasteiger partial charge in [-0.15, -0.1) is 0 Å². The maximum absolute atomic E-state index is 13.1. The molecule has 0 aliphatic heterocycles. The van der Waals surface area contributed by atoms with Crippen LogP contribution in [0.3, 0.4) is 0 Å². The Labute approximate surface area is 72.0 Å². The van der Waals surface area contributed by atoms with Crippen LogP contribution in [0.2, 0.25) is 0 Å². The number of nitrogens with one attached hydrogen (secondary N) is 1. The molecule has 0 atom stereocenters. The first kappa shape index (κ1) is 7.72. The first-order valence-electron chi connectivity index (χ1n) is 3.56. The minimum Gasteiger partial charge on any atom is -0.463 e. The summed E-state index contributed by atoms with van der Waals surface area (Å²) in [5.41, 5.74) is -0.879. The van der Waals surface area contributed by atoms with E-state index in [-0.39, 0.29) is 11.5 Å². The van der Waals surface area contributed by atoms with Gasteiger partial charge in [-0.05, 0) is 12.1 Å². The molecule has 0 aliphatic rings. The Morgan fingerprint density at radius 1 is 1.54 bits per heavy atom. The van der Waals surface area contributed by atoms with Crippen LogP contribution in [0.1, 0.15) is 0 Å². The monoisotopic (exact) mass is 180 g/mol. The molecule has 2 aromatic rings. The maximum atomic E-state index is 13.1. The van der Waals surface area contributed by atoms with Crippen molar-refractivity contribution in [2.45, 2.75) is 0 Å². The van der Waals surface area contributed by atoms with Crippen molar-refractivity contribution in [3.63, 3.8) is 0 Å². The predicted octanol–water partition coefficient (Wildman–Crippen LogP) is 1.17. The second-order valence-electron chi connectivity index (χ2n) is 2.37. The highest BCUT2D eigenvalue weighted by molar-refractivity contribution is 5.51. The van der Waals surface area contributed by atoms with Crippen LogP contribution in [0.25, 0.3) is 11.5 Å². The highest BCUT2D eigenvalue weighted by Crippen LogP contribution is 2.17. The Kier molecular flexibility index (Phi) is 1.70. The largest absolute Gasteiger partial charge is 0.463 e. The standard InChI is InChI=1S/C8H5FN2O2/c9-6-7(5-2-1-3-13-5)10-4-11-8(6)12/h1-4H,(H,10,11,12). The van der Waals surface area contributed by atoms with Crippen molar-refractivity contribution < 1.29 is 8.81 Å². The topological polar surface area (TPSA) is 58.9 Å². The summed E-state index contributed by atoms with van der Waals surface area (Å²) >= 11 is 0. The molecule has 0 amide bonds. The lowest BCUT2D eigenvalue weighted by atomic mass is 10.3. The van der Waals surface area contributed by atoms with E-state index in [9.17, 15) is 9.18 Å². The van der Waals surface area contributed by atoms with Crippen molar-refractivity contribution >= 4 is 0 Å². The van der Waals surface area contributed by atoms with Gasteiger partial charge in [-0.1, -0.05) is 0 Å². The third kappa shape index (κ3) is 1.24. The Bertz CT molecular complexity index is 461. The summed E-state index contributed by atoms with van der Waals surface area (Å²) in [6.07, 6.45) is 2.51. The van der Waals surface area contributed by atoms with Crippen molar-refractivity contribution in [2.24, 2.45) is 0 Å². The molecule has 2 rings (SSSR count). The van der Waals surface area contributed by atoms with E-state index in [1.165, 1.54) is 12.3 Å². The van der Waals surface area contributed by atoms with Gasteiger partial charge < -0.3 is 9.40 Å². The Hall–Kier alpha value is -1.91. The van der Waals surface area contributed by atoms with E-state index in [4.69, 9.17) is 4.42 Å². The first-order chi connectivity index (χ1) is 6.29. The molecule has 1 N–H and O–H groups in total. The molecule has 0 radical (unpaired) electrons. The number of hydrogen-bond acceptors (Lipinski definition) is 3. The third-order valence-electron chi connectivity index (χ3n) is 1.55. The summed E-state index contributed by atoms with van der Waals surface area (Å²) in [6.45, 7) is 0. The number of furan rings is 1. The van der Waals surface area contributed by atoms with Crippen LogP contribution in [0.5, 0.6) is 0 Å². The van der Waals surface area contributed by atoms with Crippen molar-refractivity contribution in [2.75, 3.05) is 0 Å². The lowest BCUT2D eigenvalue weighted by Gasteiger charge is -1.94. The summed E-state index contributed by atoms with van der Waals surface area (Å²) in [4.78, 5) is 16.6. The smallest absolute Gasteiger partial charge is 0.287 e. The molecular formula is C8H5FN2O2. The molecule has 0 spiro atoms. The SMILES string of the molecule is O=c1[nH]cnc(-c2ccco2)c1F. The van der Waals surface area contributed by atoms with E-state index < -0.39 is 11.4 Å². The van der Waals surface area contributed by atoms with Crippen molar-refractivity contribution in [3.05, 3.63) is 40.9 Å². The summed E-state index contributed by atoms with van der Waals surface area (Å²) in [5, 5.41) is 0. The number of aromatic nitrogens is 2. The molecule has 0 saturated heterocycles. The molecule has 0 fully saturated rings. The zero-order valence-corrected chi connectivity index (χ0v) is 6.45. The normalized spacial score (nSPS) is 10.2. The molecule has 4 nitrogen and oxygen atoms in total. The number of rotatable bonds is 1. The van der Waals surface area contributed by atoms with Gasteiger partial charge in [0.2, 0.25) is 5.82 Å². The molecule has 66 valence electrons. The first-order valence-corrected chi connectivity index (χ1v) is 3.56. The summed E-state index contributed by atoms with van der Waals surface area (Å²) in [5.74, 6) is -0.693. The average Bonchev–Trinajstić information content (AvgIpc) is 2.62. The summed E-state index contributed by atoms with van der Waals surface area (Å²) < 4.78 is 18.0. The second-order valence-corrected chi connectivity index (χ2v) is 2.37. The van der Waals surface area contributed by atoms with E-state index >= 15 is 0 Å². The zero-order chi connectivity index (χ0) is 9.26. The summed E-state index contributed by atoms with van der Waals surface area (Å²) in [6, 6.07) is 3.13. The lowest BCUT2D eigenvalue weighted by molar-refractivity contribution is 0.558. The van der Waals surface area contributed by atoms with E-state index in [0.717, 1.165) is 6.33 Å². The Morgan fingerprint density at radius 2 is 2.38 bits per heavy atom. The van der Waals surface area contributed by atoms with Gasteiger partial charge in [0, 0.05) is 0 Å². The van der Waals surface area contributed by atoms with Crippen LogP contribution in [-0.4, -0.2) is 9.97 Å². The average molecular weight is 180 g/mol. The summed E-state index contributed by atoms with van der Waals surface area (Å²) in [7, 11) is 0. The zero-order valence-electron chi connectivity index (χ0n) is 6.45. The molecule has 0 aliphatic carbocycles. The highest BCUT2D eigenvalue weighted by atomic mass is 19.1. The molecule has 5 heteroatoms. The number of nitrogens with zero attached hydrogens (tertiary/aromatic N) is 1. The predicted molar refractivity (Wildman–Crippen MR) is 42.5 cm³/mol. The fourth-order valence-electron chi connectivity index (χ4n) is 0.968. The van der Waals surface area contributed by atoms with Crippen LogP contribution < -0.4 is 5.56 Å². The molecule has 2 aromatic heterocycles. The van der Waals surface area contributed by atoms with Crippen molar-refractivity contribution in [1.82, 2.24) is 9.97 Å². The third-order valence-corrected chi connectivity index (χ3v) is 1.55. The fraction of sp³-hybridized carbons (Fsp3) is 0. The molecule has 0 saturated carbocycles. The Morgan fingerprint density at radius 3 is 3.08 bits per heavy atom. The van der Waals surface area contributed by atoms with Crippen LogP contribution in [0.4, 0.5) is 4.39 Å². The van der Waals surface area contributed by atoms with E-state index in [1.807, 2.05) is 0 Å². The van der Waals surface area contributed by atoms with Crippen molar-refractivity contribution in [1.29, 1.82) is 0 Å². The number of halogens is 1. The van der Waals surface area contributed by atoms with Crippen LogP contribution in [0, 0.1) is 5.82 Å². The van der Waals surface area contributed by atoms with E-state index in [2.05, 4.69) is 9.97 Å². The van der Waals surface area contributed by atoms with Crippen LogP contribution in [0.15, 0.2) is 33.9 Å². The van der Waals surface area contributed by atoms with Gasteiger partial charge in [0.05, 0.1) is 12.6 Å². The van der Waals surface area contributed by atoms with Crippen LogP contribution in [-0.2, 0) is 0 Å². The fourth-order valence-corrected chi connectivity index (χ4v) is 0.968. The van der Waals surface area contributed by atoms with Gasteiger partial charge in [-0.3, -0.25) is 4.79 Å². The number of aromatic amines is 1. The van der Waals surface area contributed by atoms with Crippen LogP contribution >= 0.6 is 0 Å². The molecule has 0 bridgehead atoms. The Balaban J connectivity index is 2.66. The highest BCUT2D eigenvalue weighted by Gasteiger charge is 2.11. The maximum Gasteiger partial charge on any atom is 0.287 e. The van der Waals surface area contributed by atoms with Crippen molar-refractivity contribution in [3.8, 4) is 11.5 Å². The quantitative estimate of drug-likeness (QED) is 0.716. The minimum absolute atomic E-state index is 0.0752. The van der Waals surface area contributed by atoms with Gasteiger partial charge in [-0.2, -0.15) is 4.39 Å². The molecule has 13 heavy (non-hydrogen) atoms. The van der Waals surface area contributed by atoms with Gasteiger partial charge in [0.1, 0.15) is 5.69 Å². The van der Waals surface area contributed by atoms with Gasteiger partial charge in [-0.25, -0.2) is 4.98 Å². The molecule has 2 heterocycles.